The number of aryl methyl sites for hydroxylation is 1. The highest BCUT2D eigenvalue weighted by molar-refractivity contribution is 6.32. The minimum absolute atomic E-state index is 0.145. The van der Waals surface area contributed by atoms with Crippen LogP contribution in [0.25, 0.3) is 11.0 Å². The largest absolute Gasteiger partial charge is 0.345 e. The number of carbonyl (C=O) groups is 1. The van der Waals surface area contributed by atoms with E-state index in [1.807, 2.05) is 7.05 Å². The summed E-state index contributed by atoms with van der Waals surface area (Å²) in [5.41, 5.74) is 1.64. The number of rotatable bonds is 3. The Hall–Kier alpha value is -2.47. The van der Waals surface area contributed by atoms with E-state index in [4.69, 9.17) is 11.6 Å². The highest BCUT2D eigenvalue weighted by Crippen LogP contribution is 2.16. The molecular formula is C15H12ClFN4O. The van der Waals surface area contributed by atoms with Gasteiger partial charge in [-0.05, 0) is 24.3 Å². The Morgan fingerprint density at radius 3 is 3.00 bits per heavy atom. The fraction of sp³-hybridized carbons (Fsp3) is 0.133. The summed E-state index contributed by atoms with van der Waals surface area (Å²) in [7, 11) is 1.81. The van der Waals surface area contributed by atoms with Crippen molar-refractivity contribution in [3.8, 4) is 0 Å². The Labute approximate surface area is 130 Å². The highest BCUT2D eigenvalue weighted by Gasteiger charge is 2.13. The number of benzene rings is 1. The van der Waals surface area contributed by atoms with Crippen LogP contribution in [0.4, 0.5) is 4.39 Å². The fourth-order valence-electron chi connectivity index (χ4n) is 2.19. The maximum atomic E-state index is 13.2. The van der Waals surface area contributed by atoms with Crippen LogP contribution >= 0.6 is 11.6 Å². The lowest BCUT2D eigenvalue weighted by Gasteiger charge is -2.06. The van der Waals surface area contributed by atoms with Gasteiger partial charge in [0.1, 0.15) is 16.8 Å². The lowest BCUT2D eigenvalue weighted by atomic mass is 10.2. The number of nitrogens with zero attached hydrogens (tertiary/aromatic N) is 3. The average Bonchev–Trinajstić information content (AvgIpc) is 2.81. The molecule has 0 aliphatic heterocycles. The molecule has 1 amide bonds. The molecule has 0 atom stereocenters. The fourth-order valence-corrected chi connectivity index (χ4v) is 2.40. The Morgan fingerprint density at radius 1 is 1.41 bits per heavy atom. The molecule has 0 aliphatic rings. The zero-order chi connectivity index (χ0) is 15.7. The summed E-state index contributed by atoms with van der Waals surface area (Å²) < 4.78 is 15.0. The van der Waals surface area contributed by atoms with Crippen molar-refractivity contribution < 1.29 is 9.18 Å². The van der Waals surface area contributed by atoms with Gasteiger partial charge >= 0.3 is 0 Å². The number of fused-ring (bicyclic) bond motifs is 1. The summed E-state index contributed by atoms with van der Waals surface area (Å²) in [4.78, 5) is 20.3. The number of halogens is 2. The molecule has 3 rings (SSSR count). The van der Waals surface area contributed by atoms with Crippen molar-refractivity contribution in [3.63, 3.8) is 0 Å². The smallest absolute Gasteiger partial charge is 0.254 e. The number of carbonyl (C=O) groups excluding carboxylic acids is 1. The van der Waals surface area contributed by atoms with Gasteiger partial charge in [0.15, 0.2) is 0 Å². The normalized spacial score (nSPS) is 10.9. The Bertz CT molecular complexity index is 862. The first-order valence-corrected chi connectivity index (χ1v) is 6.93. The number of imidazole rings is 1. The zero-order valence-corrected chi connectivity index (χ0v) is 12.4. The minimum atomic E-state index is -0.344. The van der Waals surface area contributed by atoms with Gasteiger partial charge in [0.25, 0.3) is 5.91 Å². The van der Waals surface area contributed by atoms with Gasteiger partial charge in [0.05, 0.1) is 23.1 Å². The van der Waals surface area contributed by atoms with Crippen molar-refractivity contribution in [1.82, 2.24) is 19.9 Å². The molecule has 7 heteroatoms. The molecule has 5 nitrogen and oxygen atoms in total. The molecule has 0 fully saturated rings. The van der Waals surface area contributed by atoms with Crippen LogP contribution in [0.2, 0.25) is 5.15 Å². The minimum Gasteiger partial charge on any atom is -0.345 e. The average molecular weight is 319 g/mol. The molecule has 2 heterocycles. The predicted molar refractivity (Wildman–Crippen MR) is 81.1 cm³/mol. The molecule has 0 saturated carbocycles. The van der Waals surface area contributed by atoms with Crippen LogP contribution in [0, 0.1) is 5.82 Å². The monoisotopic (exact) mass is 318 g/mol. The lowest BCUT2D eigenvalue weighted by Crippen LogP contribution is -2.24. The molecule has 0 saturated heterocycles. The van der Waals surface area contributed by atoms with Crippen molar-refractivity contribution in [2.24, 2.45) is 7.05 Å². The van der Waals surface area contributed by atoms with Gasteiger partial charge in [-0.1, -0.05) is 11.6 Å². The summed E-state index contributed by atoms with van der Waals surface area (Å²) in [6.07, 6.45) is 1.51. The van der Waals surface area contributed by atoms with Crippen LogP contribution in [0.1, 0.15) is 16.2 Å². The SMILES string of the molecule is Cn1c(CNC(=O)c2cccnc2Cl)nc2cc(F)ccc21. The van der Waals surface area contributed by atoms with E-state index in [1.165, 1.54) is 18.3 Å². The van der Waals surface area contributed by atoms with Gasteiger partial charge in [-0.2, -0.15) is 0 Å². The Balaban J connectivity index is 1.81. The summed E-state index contributed by atoms with van der Waals surface area (Å²) >= 11 is 5.88. The van der Waals surface area contributed by atoms with E-state index in [1.54, 1.807) is 22.8 Å². The second-order valence-corrected chi connectivity index (χ2v) is 5.10. The van der Waals surface area contributed by atoms with Crippen LogP contribution in [-0.2, 0) is 13.6 Å². The van der Waals surface area contributed by atoms with E-state index in [2.05, 4.69) is 15.3 Å². The van der Waals surface area contributed by atoms with Crippen molar-refractivity contribution in [2.75, 3.05) is 0 Å². The summed E-state index contributed by atoms with van der Waals surface area (Å²) in [6, 6.07) is 7.62. The molecule has 0 bridgehead atoms. The maximum Gasteiger partial charge on any atom is 0.254 e. The molecule has 0 radical (unpaired) electrons. The van der Waals surface area contributed by atoms with Crippen molar-refractivity contribution in [3.05, 3.63) is 58.9 Å². The Kier molecular flexibility index (Phi) is 3.77. The van der Waals surface area contributed by atoms with Crippen molar-refractivity contribution in [1.29, 1.82) is 0 Å². The number of pyridine rings is 1. The van der Waals surface area contributed by atoms with Gasteiger partial charge in [0, 0.05) is 19.3 Å². The molecule has 1 N–H and O–H groups in total. The first-order valence-electron chi connectivity index (χ1n) is 6.56. The van der Waals surface area contributed by atoms with Gasteiger partial charge in [0.2, 0.25) is 0 Å². The topological polar surface area (TPSA) is 59.8 Å². The van der Waals surface area contributed by atoms with Crippen molar-refractivity contribution >= 4 is 28.5 Å². The number of hydrogen-bond acceptors (Lipinski definition) is 3. The summed E-state index contributed by atoms with van der Waals surface area (Å²) in [6.45, 7) is 0.205. The standard InChI is InChI=1S/C15H12ClFN4O/c1-21-12-5-4-9(17)7-11(12)20-13(21)8-19-15(22)10-3-2-6-18-14(10)16/h2-7H,8H2,1H3,(H,19,22). The molecule has 2 aromatic heterocycles. The van der Waals surface area contributed by atoms with Crippen LogP contribution in [0.3, 0.4) is 0 Å². The van der Waals surface area contributed by atoms with E-state index in [-0.39, 0.29) is 23.4 Å². The van der Waals surface area contributed by atoms with Crippen molar-refractivity contribution in [2.45, 2.75) is 6.54 Å². The van der Waals surface area contributed by atoms with Crippen LogP contribution in [-0.4, -0.2) is 20.4 Å². The van der Waals surface area contributed by atoms with E-state index in [0.717, 1.165) is 5.52 Å². The third kappa shape index (κ3) is 2.65. The lowest BCUT2D eigenvalue weighted by molar-refractivity contribution is 0.0949. The van der Waals surface area contributed by atoms with Crippen LogP contribution < -0.4 is 5.32 Å². The number of hydrogen-bond donors (Lipinski definition) is 1. The molecule has 1 aromatic carbocycles. The zero-order valence-electron chi connectivity index (χ0n) is 11.7. The van der Waals surface area contributed by atoms with Gasteiger partial charge in [-0.3, -0.25) is 4.79 Å². The predicted octanol–water partition coefficient (Wildman–Crippen LogP) is 2.69. The molecule has 3 aromatic rings. The second-order valence-electron chi connectivity index (χ2n) is 4.74. The number of nitrogens with one attached hydrogen (secondary N) is 1. The van der Waals surface area contributed by atoms with E-state index in [0.29, 0.717) is 16.9 Å². The maximum absolute atomic E-state index is 13.2. The quantitative estimate of drug-likeness (QED) is 0.755. The molecule has 22 heavy (non-hydrogen) atoms. The van der Waals surface area contributed by atoms with Gasteiger partial charge in [-0.25, -0.2) is 14.4 Å². The summed E-state index contributed by atoms with van der Waals surface area (Å²) in [5, 5.41) is 2.88. The second kappa shape index (κ2) is 5.73. The van der Waals surface area contributed by atoms with Crippen LogP contribution in [0.15, 0.2) is 36.5 Å². The molecule has 0 spiro atoms. The van der Waals surface area contributed by atoms with E-state index >= 15 is 0 Å². The first kappa shape index (κ1) is 14.5. The highest BCUT2D eigenvalue weighted by atomic mass is 35.5. The van der Waals surface area contributed by atoms with E-state index in [9.17, 15) is 9.18 Å². The third-order valence-electron chi connectivity index (χ3n) is 3.35. The van der Waals surface area contributed by atoms with E-state index < -0.39 is 0 Å². The molecule has 112 valence electrons. The molecular weight excluding hydrogens is 307 g/mol. The summed E-state index contributed by atoms with van der Waals surface area (Å²) in [5.74, 6) is -0.0615. The van der Waals surface area contributed by atoms with Crippen LogP contribution in [0.5, 0.6) is 0 Å². The number of amides is 1. The number of aromatic nitrogens is 3. The third-order valence-corrected chi connectivity index (χ3v) is 3.65. The Morgan fingerprint density at radius 2 is 2.23 bits per heavy atom. The van der Waals surface area contributed by atoms with Gasteiger partial charge in [-0.15, -0.1) is 0 Å². The van der Waals surface area contributed by atoms with Gasteiger partial charge < -0.3 is 9.88 Å². The molecule has 0 unspecified atom stereocenters. The first-order chi connectivity index (χ1) is 10.6. The molecule has 0 aliphatic carbocycles.